The van der Waals surface area contributed by atoms with Crippen molar-refractivity contribution in [2.45, 2.75) is 36.6 Å². The Balaban J connectivity index is 1.36. The number of benzene rings is 2. The molecule has 7 nitrogen and oxygen atoms in total. The fraction of sp³-hybridized carbons (Fsp3) is 0.273. The first-order chi connectivity index (χ1) is 14.4. The molecule has 1 aliphatic carbocycles. The minimum Gasteiger partial charge on any atom is -0.349 e. The van der Waals surface area contributed by atoms with E-state index in [0.29, 0.717) is 10.9 Å². The van der Waals surface area contributed by atoms with Gasteiger partial charge >= 0.3 is 0 Å². The number of sulfonamides is 1. The van der Waals surface area contributed by atoms with Crippen LogP contribution in [0.25, 0.3) is 10.9 Å². The first kappa shape index (κ1) is 20.3. The van der Waals surface area contributed by atoms with Crippen molar-refractivity contribution in [2.75, 3.05) is 6.54 Å². The van der Waals surface area contributed by atoms with E-state index >= 15 is 0 Å². The summed E-state index contributed by atoms with van der Waals surface area (Å²) in [6.45, 7) is 0.00614. The maximum atomic E-state index is 12.6. The van der Waals surface area contributed by atoms with Crippen LogP contribution in [-0.4, -0.2) is 25.9 Å². The molecule has 0 fully saturated rings. The number of fused-ring (bicyclic) bond motifs is 2. The Morgan fingerprint density at radius 1 is 1.10 bits per heavy atom. The molecular weight excluding hydrogens is 402 g/mol. The van der Waals surface area contributed by atoms with Crippen LogP contribution in [0.1, 0.15) is 36.4 Å². The summed E-state index contributed by atoms with van der Waals surface area (Å²) in [5, 5.41) is 3.64. The molecule has 4 rings (SSSR count). The van der Waals surface area contributed by atoms with E-state index in [1.54, 1.807) is 12.1 Å². The van der Waals surface area contributed by atoms with Crippen LogP contribution in [0.4, 0.5) is 0 Å². The molecule has 3 N–H and O–H groups in total. The Morgan fingerprint density at radius 3 is 2.80 bits per heavy atom. The number of carbonyl (C=O) groups excluding carboxylic acids is 1. The number of pyridine rings is 1. The number of hydrogen-bond acceptors (Lipinski definition) is 4. The molecule has 0 saturated carbocycles. The van der Waals surface area contributed by atoms with Crippen molar-refractivity contribution in [1.82, 2.24) is 15.0 Å². The quantitative estimate of drug-likeness (QED) is 0.563. The summed E-state index contributed by atoms with van der Waals surface area (Å²) in [4.78, 5) is 26.5. The highest BCUT2D eigenvalue weighted by atomic mass is 32.2. The number of aryl methyl sites for hydroxylation is 1. The van der Waals surface area contributed by atoms with Gasteiger partial charge in [0.25, 0.3) is 0 Å². The minimum atomic E-state index is -3.76. The lowest BCUT2D eigenvalue weighted by Crippen LogP contribution is -2.34. The molecule has 1 aliphatic rings. The number of carbonyl (C=O) groups is 1. The number of H-pyrrole nitrogens is 1. The maximum absolute atomic E-state index is 12.6. The molecule has 0 saturated heterocycles. The molecule has 0 spiro atoms. The largest absolute Gasteiger partial charge is 0.349 e. The van der Waals surface area contributed by atoms with E-state index in [9.17, 15) is 18.0 Å². The normalized spacial score (nSPS) is 16.2. The molecule has 1 amide bonds. The molecule has 30 heavy (non-hydrogen) atoms. The van der Waals surface area contributed by atoms with E-state index in [-0.39, 0.29) is 35.4 Å². The Hall–Kier alpha value is -2.97. The molecule has 3 aromatic rings. The van der Waals surface area contributed by atoms with Crippen LogP contribution in [0.2, 0.25) is 0 Å². The second-order valence-electron chi connectivity index (χ2n) is 7.43. The highest BCUT2D eigenvalue weighted by Gasteiger charge is 2.21. The maximum Gasteiger partial charge on any atom is 0.248 e. The second kappa shape index (κ2) is 8.41. The van der Waals surface area contributed by atoms with Crippen molar-refractivity contribution in [3.63, 3.8) is 0 Å². The molecule has 156 valence electrons. The van der Waals surface area contributed by atoms with Crippen LogP contribution in [0.3, 0.4) is 0 Å². The summed E-state index contributed by atoms with van der Waals surface area (Å²) in [7, 11) is -3.76. The van der Waals surface area contributed by atoms with Crippen molar-refractivity contribution in [3.8, 4) is 0 Å². The van der Waals surface area contributed by atoms with Crippen LogP contribution in [0.15, 0.2) is 64.3 Å². The van der Waals surface area contributed by atoms with Crippen molar-refractivity contribution < 1.29 is 13.2 Å². The highest BCUT2D eigenvalue weighted by Crippen LogP contribution is 2.29. The number of aromatic nitrogens is 1. The van der Waals surface area contributed by atoms with Crippen molar-refractivity contribution in [3.05, 3.63) is 76.1 Å². The average Bonchev–Trinajstić information content (AvgIpc) is 2.73. The van der Waals surface area contributed by atoms with Gasteiger partial charge in [0.2, 0.25) is 21.5 Å². The SMILES string of the molecule is O=C(CCNS(=O)(=O)c1ccc2[nH]c(=O)ccc2c1)NC1CCCc2ccccc21. The van der Waals surface area contributed by atoms with Crippen molar-refractivity contribution in [1.29, 1.82) is 0 Å². The van der Waals surface area contributed by atoms with Gasteiger partial charge in [-0.1, -0.05) is 24.3 Å². The highest BCUT2D eigenvalue weighted by molar-refractivity contribution is 7.89. The van der Waals surface area contributed by atoms with Gasteiger partial charge in [0.1, 0.15) is 0 Å². The summed E-state index contributed by atoms with van der Waals surface area (Å²) in [6, 6.07) is 15.5. The lowest BCUT2D eigenvalue weighted by Gasteiger charge is -2.26. The van der Waals surface area contributed by atoms with Crippen molar-refractivity contribution >= 4 is 26.8 Å². The lowest BCUT2D eigenvalue weighted by molar-refractivity contribution is -0.121. The molecular formula is C22H23N3O4S. The Kier molecular flexibility index (Phi) is 5.69. The van der Waals surface area contributed by atoms with E-state index in [0.717, 1.165) is 24.8 Å². The fourth-order valence-corrected chi connectivity index (χ4v) is 4.92. The van der Waals surface area contributed by atoms with Gasteiger partial charge in [-0.3, -0.25) is 9.59 Å². The predicted octanol–water partition coefficient (Wildman–Crippen LogP) is 2.39. The summed E-state index contributed by atoms with van der Waals surface area (Å²) in [5.74, 6) is -0.185. The Morgan fingerprint density at radius 2 is 1.93 bits per heavy atom. The zero-order chi connectivity index (χ0) is 21.1. The van der Waals surface area contributed by atoms with Crippen LogP contribution >= 0.6 is 0 Å². The van der Waals surface area contributed by atoms with Gasteiger partial charge in [0.15, 0.2) is 0 Å². The van der Waals surface area contributed by atoms with Crippen LogP contribution in [-0.2, 0) is 21.2 Å². The molecule has 0 bridgehead atoms. The Labute approximate surface area is 174 Å². The average molecular weight is 426 g/mol. The van der Waals surface area contributed by atoms with E-state index in [4.69, 9.17) is 0 Å². The zero-order valence-electron chi connectivity index (χ0n) is 16.4. The van der Waals surface area contributed by atoms with Crippen LogP contribution in [0, 0.1) is 0 Å². The summed E-state index contributed by atoms with van der Waals surface area (Å²) < 4.78 is 27.6. The van der Waals surface area contributed by atoms with Gasteiger partial charge in [0, 0.05) is 24.5 Å². The molecule has 2 aromatic carbocycles. The summed E-state index contributed by atoms with van der Waals surface area (Å²) in [6.07, 6.45) is 2.97. The van der Waals surface area contributed by atoms with Gasteiger partial charge in [-0.25, -0.2) is 13.1 Å². The number of nitrogens with one attached hydrogen (secondary N) is 3. The summed E-state index contributed by atoms with van der Waals surface area (Å²) >= 11 is 0. The summed E-state index contributed by atoms with van der Waals surface area (Å²) in [5.41, 5.74) is 2.72. The zero-order valence-corrected chi connectivity index (χ0v) is 17.2. The second-order valence-corrected chi connectivity index (χ2v) is 9.20. The first-order valence-electron chi connectivity index (χ1n) is 9.92. The molecule has 1 heterocycles. The van der Waals surface area contributed by atoms with E-state index in [1.807, 2.05) is 18.2 Å². The lowest BCUT2D eigenvalue weighted by atomic mass is 9.88. The predicted molar refractivity (Wildman–Crippen MR) is 115 cm³/mol. The van der Waals surface area contributed by atoms with Gasteiger partial charge in [-0.15, -0.1) is 0 Å². The monoisotopic (exact) mass is 425 g/mol. The van der Waals surface area contributed by atoms with E-state index < -0.39 is 10.0 Å². The first-order valence-corrected chi connectivity index (χ1v) is 11.4. The molecule has 0 aliphatic heterocycles. The topological polar surface area (TPSA) is 108 Å². The molecule has 8 heteroatoms. The van der Waals surface area contributed by atoms with Crippen LogP contribution in [0.5, 0.6) is 0 Å². The van der Waals surface area contributed by atoms with Gasteiger partial charge in [-0.05, 0) is 60.0 Å². The Bertz CT molecular complexity index is 1250. The number of hydrogen-bond donors (Lipinski definition) is 3. The third kappa shape index (κ3) is 4.44. The number of rotatable bonds is 6. The molecule has 1 unspecified atom stereocenters. The number of aromatic amines is 1. The smallest absolute Gasteiger partial charge is 0.248 e. The third-order valence-corrected chi connectivity index (χ3v) is 6.81. The van der Waals surface area contributed by atoms with Gasteiger partial charge < -0.3 is 10.3 Å². The molecule has 1 atom stereocenters. The third-order valence-electron chi connectivity index (χ3n) is 5.35. The number of amides is 1. The minimum absolute atomic E-state index is 0.00614. The molecule has 0 radical (unpaired) electrons. The standard InChI is InChI=1S/C22H23N3O4S/c26-21-11-8-16-14-17(9-10-19(16)24-21)30(28,29)23-13-12-22(27)25-20-7-3-5-15-4-1-2-6-18(15)20/h1-2,4,6,8-11,14,20,23H,3,5,7,12-13H2,(H,24,26)(H,25,27). The fourth-order valence-electron chi connectivity index (χ4n) is 3.85. The van der Waals surface area contributed by atoms with Crippen molar-refractivity contribution in [2.24, 2.45) is 0 Å². The van der Waals surface area contributed by atoms with E-state index in [2.05, 4.69) is 21.1 Å². The van der Waals surface area contributed by atoms with Gasteiger partial charge in [-0.2, -0.15) is 0 Å². The van der Waals surface area contributed by atoms with Gasteiger partial charge in [0.05, 0.1) is 10.9 Å². The van der Waals surface area contributed by atoms with E-state index in [1.165, 1.54) is 23.8 Å². The molecule has 1 aromatic heterocycles. The van der Waals surface area contributed by atoms with Crippen LogP contribution < -0.4 is 15.6 Å².